The van der Waals surface area contributed by atoms with Crippen LogP contribution in [0, 0.1) is 10.5 Å². The summed E-state index contributed by atoms with van der Waals surface area (Å²) in [5, 5.41) is 13.2. The van der Waals surface area contributed by atoms with E-state index in [0.717, 1.165) is 9.13 Å². The molecule has 0 spiro atoms. The Morgan fingerprint density at radius 1 is 1.59 bits per heavy atom. The number of anilines is 1. The van der Waals surface area contributed by atoms with Crippen LogP contribution < -0.4 is 5.32 Å². The van der Waals surface area contributed by atoms with Crippen molar-refractivity contribution < 1.29 is 4.79 Å². The van der Waals surface area contributed by atoms with Crippen LogP contribution in [-0.4, -0.2) is 31.1 Å². The number of amides is 1. The number of carbonyl (C=O) groups is 1. The highest BCUT2D eigenvalue weighted by Gasteiger charge is 2.07. The maximum atomic E-state index is 11.6. The number of carbonyl (C=O) groups excluding carboxylic acids is 1. The molecule has 0 radical (unpaired) electrons. The van der Waals surface area contributed by atoms with Gasteiger partial charge >= 0.3 is 0 Å². The van der Waals surface area contributed by atoms with E-state index in [1.807, 2.05) is 13.0 Å². The Bertz CT molecular complexity index is 526. The second-order valence-electron chi connectivity index (χ2n) is 3.37. The van der Waals surface area contributed by atoms with Gasteiger partial charge < -0.3 is 5.32 Å². The summed E-state index contributed by atoms with van der Waals surface area (Å²) in [6, 6.07) is 1.94. The first-order valence-corrected chi connectivity index (χ1v) is 5.86. The molecule has 2 heterocycles. The standard InChI is InChI=1S/C9H9IN6O/c1-6-2-7(10)3-11-9(6)13-8(17)4-16-5-12-14-15-16/h2-3,5H,4H2,1H3,(H,11,13,17). The zero-order valence-electron chi connectivity index (χ0n) is 8.96. The third-order valence-corrected chi connectivity index (χ3v) is 2.59. The van der Waals surface area contributed by atoms with Gasteiger partial charge in [-0.25, -0.2) is 9.67 Å². The highest BCUT2D eigenvalue weighted by Crippen LogP contribution is 2.13. The molecule has 2 aromatic rings. The lowest BCUT2D eigenvalue weighted by molar-refractivity contribution is -0.117. The molecule has 0 unspecified atom stereocenters. The highest BCUT2D eigenvalue weighted by atomic mass is 127. The van der Waals surface area contributed by atoms with E-state index in [9.17, 15) is 4.79 Å². The average Bonchev–Trinajstić information content (AvgIpc) is 2.75. The number of rotatable bonds is 3. The Morgan fingerprint density at radius 2 is 2.41 bits per heavy atom. The number of aryl methyl sites for hydroxylation is 1. The first-order valence-electron chi connectivity index (χ1n) is 4.78. The molecule has 0 bridgehead atoms. The summed E-state index contributed by atoms with van der Waals surface area (Å²) < 4.78 is 2.37. The largest absolute Gasteiger partial charge is 0.309 e. The lowest BCUT2D eigenvalue weighted by Gasteiger charge is -2.06. The molecule has 0 aliphatic rings. The zero-order valence-corrected chi connectivity index (χ0v) is 11.1. The lowest BCUT2D eigenvalue weighted by atomic mass is 10.3. The van der Waals surface area contributed by atoms with Gasteiger partial charge in [0.1, 0.15) is 18.7 Å². The van der Waals surface area contributed by atoms with Crippen molar-refractivity contribution >= 4 is 34.3 Å². The third-order valence-electron chi connectivity index (χ3n) is 2.00. The van der Waals surface area contributed by atoms with Crippen LogP contribution in [0.4, 0.5) is 5.82 Å². The van der Waals surface area contributed by atoms with Crippen LogP contribution in [0.1, 0.15) is 5.56 Å². The van der Waals surface area contributed by atoms with Crippen LogP contribution in [0.25, 0.3) is 0 Å². The molecule has 2 rings (SSSR count). The van der Waals surface area contributed by atoms with E-state index in [4.69, 9.17) is 0 Å². The summed E-state index contributed by atoms with van der Waals surface area (Å²) >= 11 is 2.17. The fraction of sp³-hybridized carbons (Fsp3) is 0.222. The van der Waals surface area contributed by atoms with E-state index in [0.29, 0.717) is 5.82 Å². The van der Waals surface area contributed by atoms with Gasteiger partial charge in [-0.2, -0.15) is 0 Å². The van der Waals surface area contributed by atoms with Crippen molar-refractivity contribution in [3.63, 3.8) is 0 Å². The maximum absolute atomic E-state index is 11.6. The van der Waals surface area contributed by atoms with E-state index in [-0.39, 0.29) is 12.5 Å². The number of halogens is 1. The van der Waals surface area contributed by atoms with E-state index in [1.54, 1.807) is 6.20 Å². The molecule has 88 valence electrons. The van der Waals surface area contributed by atoms with Gasteiger partial charge in [0.2, 0.25) is 5.91 Å². The fourth-order valence-electron chi connectivity index (χ4n) is 1.24. The Kier molecular flexibility index (Phi) is 3.61. The molecule has 1 N–H and O–H groups in total. The summed E-state index contributed by atoms with van der Waals surface area (Å²) in [6.07, 6.45) is 3.08. The number of hydrogen-bond acceptors (Lipinski definition) is 5. The van der Waals surface area contributed by atoms with Crippen LogP contribution in [0.2, 0.25) is 0 Å². The van der Waals surface area contributed by atoms with E-state index < -0.39 is 0 Å². The smallest absolute Gasteiger partial charge is 0.247 e. The van der Waals surface area contributed by atoms with Crippen LogP contribution in [0.3, 0.4) is 0 Å². The number of nitrogens with zero attached hydrogens (tertiary/aromatic N) is 5. The van der Waals surface area contributed by atoms with Crippen molar-refractivity contribution in [2.45, 2.75) is 13.5 Å². The molecule has 0 aliphatic carbocycles. The number of pyridine rings is 1. The van der Waals surface area contributed by atoms with Gasteiger partial charge in [-0.3, -0.25) is 4.79 Å². The zero-order chi connectivity index (χ0) is 12.3. The van der Waals surface area contributed by atoms with Gasteiger partial charge in [0.05, 0.1) is 0 Å². The second kappa shape index (κ2) is 5.17. The van der Waals surface area contributed by atoms with E-state index >= 15 is 0 Å². The molecule has 0 saturated carbocycles. The Morgan fingerprint density at radius 3 is 3.06 bits per heavy atom. The van der Waals surface area contributed by atoms with Crippen molar-refractivity contribution in [2.24, 2.45) is 0 Å². The number of tetrazole rings is 1. The van der Waals surface area contributed by atoms with Crippen molar-refractivity contribution in [3.8, 4) is 0 Å². The van der Waals surface area contributed by atoms with Gasteiger partial charge in [-0.15, -0.1) is 5.10 Å². The predicted molar refractivity (Wildman–Crippen MR) is 68.1 cm³/mol. The number of aromatic nitrogens is 5. The van der Waals surface area contributed by atoms with Crippen molar-refractivity contribution in [1.29, 1.82) is 0 Å². The third kappa shape index (κ3) is 3.19. The normalized spacial score (nSPS) is 10.2. The topological polar surface area (TPSA) is 85.6 Å². The lowest BCUT2D eigenvalue weighted by Crippen LogP contribution is -2.20. The summed E-state index contributed by atoms with van der Waals surface area (Å²) in [4.78, 5) is 15.8. The Labute approximate surface area is 111 Å². The van der Waals surface area contributed by atoms with Gasteiger partial charge in [0.25, 0.3) is 0 Å². The predicted octanol–water partition coefficient (Wildman–Crippen LogP) is 0.620. The molecule has 0 aliphatic heterocycles. The van der Waals surface area contributed by atoms with Crippen LogP contribution in [0.5, 0.6) is 0 Å². The van der Waals surface area contributed by atoms with Crippen molar-refractivity contribution in [2.75, 3.05) is 5.32 Å². The van der Waals surface area contributed by atoms with Crippen LogP contribution >= 0.6 is 22.6 Å². The Balaban J connectivity index is 2.03. The number of hydrogen-bond donors (Lipinski definition) is 1. The molecular weight excluding hydrogens is 335 g/mol. The molecule has 0 aromatic carbocycles. The van der Waals surface area contributed by atoms with Gasteiger partial charge in [0, 0.05) is 9.77 Å². The maximum Gasteiger partial charge on any atom is 0.247 e. The number of nitrogens with one attached hydrogen (secondary N) is 1. The molecule has 7 nitrogen and oxygen atoms in total. The molecule has 8 heteroatoms. The minimum Gasteiger partial charge on any atom is -0.309 e. The molecule has 2 aromatic heterocycles. The van der Waals surface area contributed by atoms with Gasteiger partial charge in [0.15, 0.2) is 0 Å². The molecule has 0 atom stereocenters. The minimum atomic E-state index is -0.214. The van der Waals surface area contributed by atoms with E-state index in [1.165, 1.54) is 11.0 Å². The monoisotopic (exact) mass is 344 g/mol. The SMILES string of the molecule is Cc1cc(I)cnc1NC(=O)Cn1cnnn1. The quantitative estimate of drug-likeness (QED) is 0.825. The van der Waals surface area contributed by atoms with Gasteiger partial charge in [-0.05, 0) is 51.6 Å². The van der Waals surface area contributed by atoms with E-state index in [2.05, 4.69) is 48.4 Å². The Hall–Kier alpha value is -1.58. The second-order valence-corrected chi connectivity index (χ2v) is 4.62. The van der Waals surface area contributed by atoms with Crippen LogP contribution in [0.15, 0.2) is 18.6 Å². The summed E-state index contributed by atoms with van der Waals surface area (Å²) in [5.41, 5.74) is 0.918. The first kappa shape index (κ1) is 11.9. The summed E-state index contributed by atoms with van der Waals surface area (Å²) in [5.74, 6) is 0.345. The highest BCUT2D eigenvalue weighted by molar-refractivity contribution is 14.1. The first-order chi connectivity index (χ1) is 8.15. The fourth-order valence-corrected chi connectivity index (χ4v) is 1.85. The molecule has 1 amide bonds. The average molecular weight is 344 g/mol. The molecule has 0 saturated heterocycles. The summed E-state index contributed by atoms with van der Waals surface area (Å²) in [7, 11) is 0. The molecule has 0 fully saturated rings. The van der Waals surface area contributed by atoms with Crippen molar-refractivity contribution in [3.05, 3.63) is 27.7 Å². The van der Waals surface area contributed by atoms with Crippen molar-refractivity contribution in [1.82, 2.24) is 25.2 Å². The molecular formula is C9H9IN6O. The van der Waals surface area contributed by atoms with Gasteiger partial charge in [-0.1, -0.05) is 0 Å². The molecule has 17 heavy (non-hydrogen) atoms. The minimum absolute atomic E-state index is 0.0696. The summed E-state index contributed by atoms with van der Waals surface area (Å²) in [6.45, 7) is 1.96. The van der Waals surface area contributed by atoms with Crippen LogP contribution in [-0.2, 0) is 11.3 Å².